The lowest BCUT2D eigenvalue weighted by Crippen LogP contribution is -2.03. The summed E-state index contributed by atoms with van der Waals surface area (Å²) in [5.74, 6) is 0.996. The zero-order chi connectivity index (χ0) is 12.0. The Hall–Kier alpha value is -1.07. The highest BCUT2D eigenvalue weighted by Crippen LogP contribution is 2.43. The minimum Gasteiger partial charge on any atom is -0.381 e. The number of hydrogen-bond donors (Lipinski definition) is 1. The molecule has 0 aliphatic heterocycles. The summed E-state index contributed by atoms with van der Waals surface area (Å²) in [5.41, 5.74) is 7.74. The van der Waals surface area contributed by atoms with Gasteiger partial charge in [-0.3, -0.25) is 0 Å². The van der Waals surface area contributed by atoms with Crippen LogP contribution in [0.15, 0.2) is 22.7 Å². The highest BCUT2D eigenvalue weighted by atomic mass is 79.9. The number of hydrogen-bond acceptors (Lipinski definition) is 3. The number of nitrogens with two attached hydrogens (primary N) is 1. The molecule has 3 rings (SSSR count). The fraction of sp³-hybridized carbons (Fsp3) is 0.273. The minimum absolute atomic E-state index is 0.482. The highest BCUT2D eigenvalue weighted by molar-refractivity contribution is 9.10. The Kier molecular flexibility index (Phi) is 2.60. The van der Waals surface area contributed by atoms with E-state index >= 15 is 0 Å². The number of halogens is 2. The summed E-state index contributed by atoms with van der Waals surface area (Å²) >= 11 is 9.55. The van der Waals surface area contributed by atoms with Crippen LogP contribution in [-0.4, -0.2) is 15.0 Å². The second-order valence-corrected chi connectivity index (χ2v) is 5.32. The molecule has 0 saturated heterocycles. The average Bonchev–Trinajstić information content (AvgIpc) is 3.07. The van der Waals surface area contributed by atoms with Gasteiger partial charge >= 0.3 is 0 Å². The standard InChI is InChI=1S/C11H10BrClN4/c12-9-7(13)2-1-3-8(9)17-10(6-4-5-6)11(14)15-16-17/h1-3,6H,4-5,14H2. The minimum atomic E-state index is 0.482. The number of rotatable bonds is 2. The fourth-order valence-corrected chi connectivity index (χ4v) is 2.48. The van der Waals surface area contributed by atoms with Crippen molar-refractivity contribution in [3.05, 3.63) is 33.4 Å². The smallest absolute Gasteiger partial charge is 0.169 e. The quantitative estimate of drug-likeness (QED) is 0.926. The van der Waals surface area contributed by atoms with E-state index < -0.39 is 0 Å². The predicted octanol–water partition coefficient (Wildman–Crippen LogP) is 3.14. The first kappa shape index (κ1) is 11.0. The highest BCUT2D eigenvalue weighted by Gasteiger charge is 2.31. The van der Waals surface area contributed by atoms with Crippen LogP contribution < -0.4 is 5.73 Å². The first-order valence-corrected chi connectivity index (χ1v) is 6.51. The van der Waals surface area contributed by atoms with Crippen LogP contribution in [0, 0.1) is 0 Å². The van der Waals surface area contributed by atoms with Crippen LogP contribution in [0.3, 0.4) is 0 Å². The van der Waals surface area contributed by atoms with Crippen molar-refractivity contribution in [1.82, 2.24) is 15.0 Å². The molecule has 6 heteroatoms. The van der Waals surface area contributed by atoms with Gasteiger partial charge in [-0.15, -0.1) is 5.10 Å². The molecule has 1 saturated carbocycles. The maximum Gasteiger partial charge on any atom is 0.169 e. The maximum absolute atomic E-state index is 6.08. The van der Waals surface area contributed by atoms with Gasteiger partial charge in [0.25, 0.3) is 0 Å². The molecular formula is C11H10BrClN4. The molecule has 0 amide bonds. The van der Waals surface area contributed by atoms with E-state index in [4.69, 9.17) is 17.3 Å². The summed E-state index contributed by atoms with van der Waals surface area (Å²) in [6.45, 7) is 0. The Morgan fingerprint density at radius 2 is 2.18 bits per heavy atom. The summed E-state index contributed by atoms with van der Waals surface area (Å²) in [5, 5.41) is 8.71. The third-order valence-corrected chi connectivity index (χ3v) is 4.23. The molecule has 0 atom stereocenters. The van der Waals surface area contributed by atoms with Crippen LogP contribution in [-0.2, 0) is 0 Å². The number of anilines is 1. The van der Waals surface area contributed by atoms with Crippen LogP contribution in [0.2, 0.25) is 5.02 Å². The lowest BCUT2D eigenvalue weighted by molar-refractivity contribution is 0.761. The van der Waals surface area contributed by atoms with Gasteiger partial charge < -0.3 is 5.73 Å². The summed E-state index contributed by atoms with van der Waals surface area (Å²) in [7, 11) is 0. The summed E-state index contributed by atoms with van der Waals surface area (Å²) < 4.78 is 2.59. The Labute approximate surface area is 112 Å². The SMILES string of the molecule is Nc1nnn(-c2cccc(Cl)c2Br)c1C1CC1. The molecule has 88 valence electrons. The van der Waals surface area contributed by atoms with E-state index in [1.807, 2.05) is 18.2 Å². The van der Waals surface area contributed by atoms with Crippen molar-refractivity contribution in [2.75, 3.05) is 5.73 Å². The van der Waals surface area contributed by atoms with E-state index in [1.165, 1.54) is 0 Å². The Morgan fingerprint density at radius 1 is 1.41 bits per heavy atom. The molecule has 0 radical (unpaired) electrons. The van der Waals surface area contributed by atoms with E-state index in [2.05, 4.69) is 26.2 Å². The van der Waals surface area contributed by atoms with Crippen molar-refractivity contribution in [3.63, 3.8) is 0 Å². The lowest BCUT2D eigenvalue weighted by Gasteiger charge is -2.08. The summed E-state index contributed by atoms with van der Waals surface area (Å²) in [6.07, 6.45) is 2.30. The van der Waals surface area contributed by atoms with Gasteiger partial charge in [-0.05, 0) is 40.9 Å². The number of nitrogen functional groups attached to an aromatic ring is 1. The molecule has 1 aliphatic rings. The van der Waals surface area contributed by atoms with Gasteiger partial charge in [-0.2, -0.15) is 0 Å². The predicted molar refractivity (Wildman–Crippen MR) is 70.5 cm³/mol. The van der Waals surface area contributed by atoms with E-state index in [1.54, 1.807) is 4.68 Å². The van der Waals surface area contributed by atoms with Crippen LogP contribution in [0.1, 0.15) is 24.5 Å². The van der Waals surface area contributed by atoms with Crippen molar-refractivity contribution in [1.29, 1.82) is 0 Å². The molecule has 17 heavy (non-hydrogen) atoms. The first-order valence-electron chi connectivity index (χ1n) is 5.34. The van der Waals surface area contributed by atoms with Gasteiger partial charge in [-0.1, -0.05) is 22.9 Å². The third-order valence-electron chi connectivity index (χ3n) is 2.86. The van der Waals surface area contributed by atoms with E-state index in [0.717, 1.165) is 28.7 Å². The molecule has 1 aromatic heterocycles. The molecule has 1 fully saturated rings. The zero-order valence-electron chi connectivity index (χ0n) is 8.90. The van der Waals surface area contributed by atoms with Gasteiger partial charge in [0, 0.05) is 5.92 Å². The fourth-order valence-electron chi connectivity index (χ4n) is 1.87. The molecular weight excluding hydrogens is 304 g/mol. The summed E-state index contributed by atoms with van der Waals surface area (Å²) in [4.78, 5) is 0. The van der Waals surface area contributed by atoms with Gasteiger partial charge in [0.2, 0.25) is 0 Å². The molecule has 0 spiro atoms. The Balaban J connectivity index is 2.18. The Morgan fingerprint density at radius 3 is 2.88 bits per heavy atom. The number of benzene rings is 1. The first-order chi connectivity index (χ1) is 8.18. The van der Waals surface area contributed by atoms with Gasteiger partial charge in [0.15, 0.2) is 5.82 Å². The maximum atomic E-state index is 6.08. The monoisotopic (exact) mass is 312 g/mol. The molecule has 0 bridgehead atoms. The van der Waals surface area contributed by atoms with Gasteiger partial charge in [0.05, 0.1) is 20.9 Å². The van der Waals surface area contributed by atoms with Crippen molar-refractivity contribution < 1.29 is 0 Å². The molecule has 2 N–H and O–H groups in total. The van der Waals surface area contributed by atoms with Crippen LogP contribution >= 0.6 is 27.5 Å². The van der Waals surface area contributed by atoms with E-state index in [0.29, 0.717) is 16.8 Å². The average molecular weight is 314 g/mol. The second-order valence-electron chi connectivity index (χ2n) is 4.12. The van der Waals surface area contributed by atoms with Crippen LogP contribution in [0.4, 0.5) is 5.82 Å². The third kappa shape index (κ3) is 1.83. The molecule has 0 unspecified atom stereocenters. The molecule has 1 aliphatic carbocycles. The van der Waals surface area contributed by atoms with Crippen molar-refractivity contribution in [2.24, 2.45) is 0 Å². The second kappa shape index (κ2) is 3.99. The summed E-state index contributed by atoms with van der Waals surface area (Å²) in [6, 6.07) is 5.65. The van der Waals surface area contributed by atoms with Crippen molar-refractivity contribution in [2.45, 2.75) is 18.8 Å². The van der Waals surface area contributed by atoms with Crippen LogP contribution in [0.25, 0.3) is 5.69 Å². The zero-order valence-corrected chi connectivity index (χ0v) is 11.2. The van der Waals surface area contributed by atoms with E-state index in [-0.39, 0.29) is 0 Å². The molecule has 4 nitrogen and oxygen atoms in total. The molecule has 1 aromatic carbocycles. The van der Waals surface area contributed by atoms with Crippen molar-refractivity contribution in [3.8, 4) is 5.69 Å². The lowest BCUT2D eigenvalue weighted by atomic mass is 10.2. The van der Waals surface area contributed by atoms with Gasteiger partial charge in [-0.25, -0.2) is 4.68 Å². The number of nitrogens with zero attached hydrogens (tertiary/aromatic N) is 3. The van der Waals surface area contributed by atoms with Crippen molar-refractivity contribution >= 4 is 33.3 Å². The normalized spacial score (nSPS) is 15.2. The van der Waals surface area contributed by atoms with Gasteiger partial charge in [0.1, 0.15) is 0 Å². The van der Waals surface area contributed by atoms with E-state index in [9.17, 15) is 0 Å². The van der Waals surface area contributed by atoms with Crippen LogP contribution in [0.5, 0.6) is 0 Å². The topological polar surface area (TPSA) is 56.7 Å². The Bertz CT molecular complexity index is 577. The number of aromatic nitrogens is 3. The molecule has 1 heterocycles. The largest absolute Gasteiger partial charge is 0.381 e. The molecule has 2 aromatic rings.